The van der Waals surface area contributed by atoms with Crippen LogP contribution < -0.4 is 15.4 Å². The average Bonchev–Trinajstić information content (AvgIpc) is 2.78. The van der Waals surface area contributed by atoms with Gasteiger partial charge in [0.2, 0.25) is 5.91 Å². The second kappa shape index (κ2) is 10.5. The Labute approximate surface area is 181 Å². The van der Waals surface area contributed by atoms with Gasteiger partial charge in [-0.1, -0.05) is 30.3 Å². The first-order valence-corrected chi connectivity index (χ1v) is 10.3. The van der Waals surface area contributed by atoms with Crippen LogP contribution >= 0.6 is 12.2 Å². The Bertz CT molecular complexity index is 952. The molecule has 0 bridgehead atoms. The molecule has 3 rings (SSSR count). The van der Waals surface area contributed by atoms with Crippen molar-refractivity contribution in [3.63, 3.8) is 0 Å². The number of anilines is 1. The van der Waals surface area contributed by atoms with Gasteiger partial charge >= 0.3 is 0 Å². The highest BCUT2D eigenvalue weighted by Crippen LogP contribution is 2.20. The summed E-state index contributed by atoms with van der Waals surface area (Å²) in [6.07, 6.45) is 6.24. The van der Waals surface area contributed by atoms with Gasteiger partial charge in [-0.25, -0.2) is 0 Å². The Kier molecular flexibility index (Phi) is 7.57. The zero-order chi connectivity index (χ0) is 21.3. The van der Waals surface area contributed by atoms with Crippen LogP contribution in [0.4, 0.5) is 5.69 Å². The lowest BCUT2D eigenvalue weighted by Crippen LogP contribution is -2.37. The fraction of sp³-hybridized carbons (Fsp3) is 0.261. The number of methoxy groups -OCH3 is 1. The molecule has 1 fully saturated rings. The van der Waals surface area contributed by atoms with Gasteiger partial charge in [0.25, 0.3) is 5.91 Å². The lowest BCUT2D eigenvalue weighted by molar-refractivity contribution is -0.115. The summed E-state index contributed by atoms with van der Waals surface area (Å²) < 4.78 is 5.27. The van der Waals surface area contributed by atoms with E-state index < -0.39 is 0 Å². The molecule has 0 aliphatic carbocycles. The summed E-state index contributed by atoms with van der Waals surface area (Å²) in [4.78, 5) is 27.0. The maximum Gasteiger partial charge on any atom is 0.255 e. The average molecular weight is 424 g/mol. The lowest BCUT2D eigenvalue weighted by atomic mass is 10.1. The quantitative estimate of drug-likeness (QED) is 0.565. The van der Waals surface area contributed by atoms with Crippen LogP contribution in [0.2, 0.25) is 0 Å². The standard InChI is InChI=1S/C23H25N3O3S/c1-29-20-12-6-3-9-17(20)13-14-21(27)25-23(30)24-19-11-5-4-10-18(19)22(28)26-15-7-2-8-16-26/h3-6,9-14H,2,7-8,15-16H2,1H3,(H2,24,25,27,30)/b14-13+. The van der Waals surface area contributed by atoms with Crippen molar-refractivity contribution in [3.8, 4) is 5.75 Å². The van der Waals surface area contributed by atoms with Crippen molar-refractivity contribution in [1.29, 1.82) is 0 Å². The van der Waals surface area contributed by atoms with Crippen LogP contribution in [-0.4, -0.2) is 42.0 Å². The van der Waals surface area contributed by atoms with Crippen LogP contribution in [0.5, 0.6) is 5.75 Å². The van der Waals surface area contributed by atoms with Crippen LogP contribution in [0, 0.1) is 0 Å². The number of carbonyl (C=O) groups excluding carboxylic acids is 2. The van der Waals surface area contributed by atoms with E-state index in [1.807, 2.05) is 41.3 Å². The van der Waals surface area contributed by atoms with Gasteiger partial charge < -0.3 is 15.0 Å². The largest absolute Gasteiger partial charge is 0.496 e. The Morgan fingerprint density at radius 2 is 1.73 bits per heavy atom. The molecule has 0 saturated carbocycles. The minimum atomic E-state index is -0.377. The van der Waals surface area contributed by atoms with Crippen molar-refractivity contribution < 1.29 is 14.3 Å². The molecular formula is C23H25N3O3S. The molecule has 1 aliphatic rings. The fourth-order valence-electron chi connectivity index (χ4n) is 3.32. The summed E-state index contributed by atoms with van der Waals surface area (Å²) in [5, 5.41) is 5.71. The molecule has 7 heteroatoms. The summed E-state index contributed by atoms with van der Waals surface area (Å²) in [5.74, 6) is 0.272. The molecule has 2 N–H and O–H groups in total. The van der Waals surface area contributed by atoms with Gasteiger partial charge in [-0.15, -0.1) is 0 Å². The summed E-state index contributed by atoms with van der Waals surface area (Å²) >= 11 is 5.27. The number of amides is 2. The topological polar surface area (TPSA) is 70.7 Å². The Balaban J connectivity index is 1.63. The monoisotopic (exact) mass is 423 g/mol. The number of para-hydroxylation sites is 2. The highest BCUT2D eigenvalue weighted by Gasteiger charge is 2.20. The highest BCUT2D eigenvalue weighted by atomic mass is 32.1. The maximum atomic E-state index is 12.9. The lowest BCUT2D eigenvalue weighted by Gasteiger charge is -2.27. The highest BCUT2D eigenvalue weighted by molar-refractivity contribution is 7.80. The van der Waals surface area contributed by atoms with E-state index in [1.54, 1.807) is 25.3 Å². The molecule has 156 valence electrons. The van der Waals surface area contributed by atoms with Gasteiger partial charge in [-0.05, 0) is 55.8 Å². The number of hydrogen-bond donors (Lipinski definition) is 2. The molecule has 0 unspecified atom stereocenters. The number of likely N-dealkylation sites (tertiary alicyclic amines) is 1. The predicted molar refractivity (Wildman–Crippen MR) is 123 cm³/mol. The molecule has 2 amide bonds. The summed E-state index contributed by atoms with van der Waals surface area (Å²) in [7, 11) is 1.58. The molecule has 0 atom stereocenters. The molecule has 0 aromatic heterocycles. The van der Waals surface area contributed by atoms with Gasteiger partial charge in [-0.2, -0.15) is 0 Å². The first-order chi connectivity index (χ1) is 14.6. The molecule has 30 heavy (non-hydrogen) atoms. The number of piperidine rings is 1. The second-order valence-corrected chi connectivity index (χ2v) is 7.33. The number of nitrogens with one attached hydrogen (secondary N) is 2. The van der Waals surface area contributed by atoms with E-state index in [9.17, 15) is 9.59 Å². The van der Waals surface area contributed by atoms with E-state index in [1.165, 1.54) is 6.08 Å². The second-order valence-electron chi connectivity index (χ2n) is 6.92. The van der Waals surface area contributed by atoms with E-state index in [0.717, 1.165) is 37.9 Å². The third-order valence-electron chi connectivity index (χ3n) is 4.84. The van der Waals surface area contributed by atoms with Crippen molar-refractivity contribution in [2.24, 2.45) is 0 Å². The van der Waals surface area contributed by atoms with Gasteiger partial charge in [0.15, 0.2) is 5.11 Å². The summed E-state index contributed by atoms with van der Waals surface area (Å²) in [6, 6.07) is 14.6. The number of carbonyl (C=O) groups is 2. The first-order valence-electron chi connectivity index (χ1n) is 9.90. The molecule has 1 heterocycles. The zero-order valence-electron chi connectivity index (χ0n) is 16.9. The van der Waals surface area contributed by atoms with Gasteiger partial charge in [0, 0.05) is 24.7 Å². The smallest absolute Gasteiger partial charge is 0.255 e. The van der Waals surface area contributed by atoms with E-state index in [4.69, 9.17) is 17.0 Å². The third-order valence-corrected chi connectivity index (χ3v) is 5.04. The number of thiocarbonyl (C=S) groups is 1. The SMILES string of the molecule is COc1ccccc1/C=C/C(=O)NC(=S)Nc1ccccc1C(=O)N1CCCCC1. The molecule has 6 nitrogen and oxygen atoms in total. The van der Waals surface area contributed by atoms with Gasteiger partial charge in [0.05, 0.1) is 18.4 Å². The van der Waals surface area contributed by atoms with Crippen molar-refractivity contribution in [1.82, 2.24) is 10.2 Å². The van der Waals surface area contributed by atoms with Crippen LogP contribution in [0.15, 0.2) is 54.6 Å². The molecule has 0 spiro atoms. The van der Waals surface area contributed by atoms with E-state index >= 15 is 0 Å². The van der Waals surface area contributed by atoms with Crippen molar-refractivity contribution >= 4 is 40.9 Å². The van der Waals surface area contributed by atoms with Crippen molar-refractivity contribution in [2.45, 2.75) is 19.3 Å². The maximum absolute atomic E-state index is 12.9. The van der Waals surface area contributed by atoms with Crippen LogP contribution in [0.25, 0.3) is 6.08 Å². The minimum absolute atomic E-state index is 0.0250. The molecular weight excluding hydrogens is 398 g/mol. The Hall–Kier alpha value is -3.19. The van der Waals surface area contributed by atoms with Crippen LogP contribution in [0.1, 0.15) is 35.2 Å². The van der Waals surface area contributed by atoms with Gasteiger partial charge in [0.1, 0.15) is 5.75 Å². The van der Waals surface area contributed by atoms with Crippen molar-refractivity contribution in [2.75, 3.05) is 25.5 Å². The number of benzene rings is 2. The predicted octanol–water partition coefficient (Wildman–Crippen LogP) is 3.85. The Morgan fingerprint density at radius 3 is 2.50 bits per heavy atom. The minimum Gasteiger partial charge on any atom is -0.496 e. The number of hydrogen-bond acceptors (Lipinski definition) is 4. The summed E-state index contributed by atoms with van der Waals surface area (Å²) in [5.41, 5.74) is 1.90. The van der Waals surface area contributed by atoms with Crippen LogP contribution in [0.3, 0.4) is 0 Å². The normalized spacial score (nSPS) is 13.7. The van der Waals surface area contributed by atoms with Crippen LogP contribution in [-0.2, 0) is 4.79 Å². The first kappa shape index (κ1) is 21.5. The summed E-state index contributed by atoms with van der Waals surface area (Å²) in [6.45, 7) is 1.53. The molecule has 2 aromatic carbocycles. The zero-order valence-corrected chi connectivity index (χ0v) is 17.7. The third kappa shape index (κ3) is 5.67. The molecule has 1 saturated heterocycles. The van der Waals surface area contributed by atoms with E-state index in [2.05, 4.69) is 10.6 Å². The molecule has 1 aliphatic heterocycles. The molecule has 0 radical (unpaired) electrons. The number of nitrogens with zero attached hydrogens (tertiary/aromatic N) is 1. The van der Waals surface area contributed by atoms with E-state index in [0.29, 0.717) is 17.0 Å². The fourth-order valence-corrected chi connectivity index (χ4v) is 3.53. The van der Waals surface area contributed by atoms with E-state index in [-0.39, 0.29) is 16.9 Å². The van der Waals surface area contributed by atoms with Crippen molar-refractivity contribution in [3.05, 3.63) is 65.7 Å². The number of rotatable bonds is 5. The Morgan fingerprint density at radius 1 is 1.03 bits per heavy atom. The number of ether oxygens (including phenoxy) is 1. The van der Waals surface area contributed by atoms with Gasteiger partial charge in [-0.3, -0.25) is 14.9 Å². The molecule has 2 aromatic rings.